The van der Waals surface area contributed by atoms with Crippen molar-refractivity contribution in [3.63, 3.8) is 0 Å². The van der Waals surface area contributed by atoms with Gasteiger partial charge in [0.2, 0.25) is 0 Å². The fourth-order valence-corrected chi connectivity index (χ4v) is 1.84. The molecule has 0 N–H and O–H groups in total. The predicted molar refractivity (Wildman–Crippen MR) is 65.6 cm³/mol. The highest BCUT2D eigenvalue weighted by Crippen LogP contribution is 2.20. The van der Waals surface area contributed by atoms with E-state index in [9.17, 15) is 0 Å². The predicted octanol–water partition coefficient (Wildman–Crippen LogP) is 1.96. The van der Waals surface area contributed by atoms with Gasteiger partial charge in [-0.05, 0) is 12.0 Å². The van der Waals surface area contributed by atoms with Crippen molar-refractivity contribution >= 4 is 10.5 Å². The molecule has 15 heavy (non-hydrogen) atoms. The number of ether oxygens (including phenoxy) is 1. The molecule has 1 rings (SSSR count). The van der Waals surface area contributed by atoms with Crippen molar-refractivity contribution in [3.05, 3.63) is 48.6 Å². The molecule has 3 heteroatoms. The summed E-state index contributed by atoms with van der Waals surface area (Å²) in [5.41, 5.74) is 1.12. The molecule has 2 nitrogen and oxygen atoms in total. The van der Waals surface area contributed by atoms with Crippen LogP contribution < -0.4 is 0 Å². The fraction of sp³-hybridized carbons (Fsp3) is 0.333. The van der Waals surface area contributed by atoms with Gasteiger partial charge in [0.25, 0.3) is 0 Å². The molecule has 0 aliphatic heterocycles. The second kappa shape index (κ2) is 6.56. The molecule has 0 amide bonds. The first-order valence-corrected chi connectivity index (χ1v) is 5.99. The summed E-state index contributed by atoms with van der Waals surface area (Å²) in [4.78, 5) is 0. The monoisotopic (exact) mass is 222 g/mol. The Kier molecular flexibility index (Phi) is 5.32. The zero-order valence-electron chi connectivity index (χ0n) is 9.35. The van der Waals surface area contributed by atoms with Crippen LogP contribution in [0.4, 0.5) is 0 Å². The summed E-state index contributed by atoms with van der Waals surface area (Å²) < 4.78 is 11.1. The van der Waals surface area contributed by atoms with Crippen LogP contribution in [0.3, 0.4) is 0 Å². The SMILES string of the molecule is C=CC(OC(CC)O[SiH3])c1ccccc1. The van der Waals surface area contributed by atoms with Crippen molar-refractivity contribution < 1.29 is 9.16 Å². The molecule has 0 spiro atoms. The minimum absolute atomic E-state index is 0.0786. The van der Waals surface area contributed by atoms with E-state index in [1.165, 1.54) is 0 Å². The first kappa shape index (κ1) is 12.2. The lowest BCUT2D eigenvalue weighted by molar-refractivity contribution is -0.104. The third kappa shape index (κ3) is 3.62. The molecule has 1 aromatic carbocycles. The molecule has 82 valence electrons. The van der Waals surface area contributed by atoms with Crippen molar-refractivity contribution in [2.75, 3.05) is 0 Å². The molecule has 0 bridgehead atoms. The van der Waals surface area contributed by atoms with E-state index >= 15 is 0 Å². The molecule has 0 saturated carbocycles. The topological polar surface area (TPSA) is 18.5 Å². The van der Waals surface area contributed by atoms with Gasteiger partial charge in [-0.25, -0.2) is 0 Å². The van der Waals surface area contributed by atoms with Gasteiger partial charge in [0.05, 0.1) is 0 Å². The van der Waals surface area contributed by atoms with Gasteiger partial charge in [0, 0.05) is 0 Å². The quantitative estimate of drug-likeness (QED) is 0.416. The van der Waals surface area contributed by atoms with E-state index in [2.05, 4.69) is 6.58 Å². The zero-order chi connectivity index (χ0) is 11.1. The number of hydrogen-bond acceptors (Lipinski definition) is 2. The minimum atomic E-state index is -0.111. The van der Waals surface area contributed by atoms with E-state index < -0.39 is 0 Å². The van der Waals surface area contributed by atoms with Crippen LogP contribution >= 0.6 is 0 Å². The van der Waals surface area contributed by atoms with Gasteiger partial charge in [-0.3, -0.25) is 0 Å². The average molecular weight is 222 g/mol. The Bertz CT molecular complexity index is 283. The molecule has 0 saturated heterocycles. The van der Waals surface area contributed by atoms with E-state index in [1.54, 1.807) is 6.08 Å². The van der Waals surface area contributed by atoms with Crippen molar-refractivity contribution in [3.8, 4) is 0 Å². The molecule has 0 aliphatic carbocycles. The molecule has 0 aromatic heterocycles. The standard InChI is InChI=1S/C12H18O2Si/c1-3-11(13-12(4-2)14-15)10-8-6-5-7-9-10/h3,5-9,11-12H,1,4H2,2,15H3. The minimum Gasteiger partial charge on any atom is -0.404 e. The van der Waals surface area contributed by atoms with Crippen LogP contribution in [0.1, 0.15) is 25.0 Å². The smallest absolute Gasteiger partial charge is 0.149 e. The molecule has 0 aliphatic rings. The fourth-order valence-electron chi connectivity index (χ4n) is 1.39. The van der Waals surface area contributed by atoms with E-state index in [0.29, 0.717) is 10.5 Å². The molecule has 1 aromatic rings. The van der Waals surface area contributed by atoms with Crippen LogP contribution in [0.25, 0.3) is 0 Å². The lowest BCUT2D eigenvalue weighted by atomic mass is 10.1. The van der Waals surface area contributed by atoms with Crippen LogP contribution in [0.15, 0.2) is 43.0 Å². The lowest BCUT2D eigenvalue weighted by Gasteiger charge is -2.21. The summed E-state index contributed by atoms with van der Waals surface area (Å²) >= 11 is 0. The van der Waals surface area contributed by atoms with Gasteiger partial charge in [-0.1, -0.05) is 43.3 Å². The van der Waals surface area contributed by atoms with Crippen LogP contribution in [0.2, 0.25) is 0 Å². The summed E-state index contributed by atoms with van der Waals surface area (Å²) in [5.74, 6) is 0. The molecule has 0 radical (unpaired) electrons. The third-order valence-electron chi connectivity index (χ3n) is 2.24. The molecular weight excluding hydrogens is 204 g/mol. The van der Waals surface area contributed by atoms with E-state index in [-0.39, 0.29) is 12.4 Å². The van der Waals surface area contributed by atoms with Gasteiger partial charge in [0.1, 0.15) is 22.9 Å². The van der Waals surface area contributed by atoms with Crippen molar-refractivity contribution in [1.82, 2.24) is 0 Å². The van der Waals surface area contributed by atoms with Crippen LogP contribution in [-0.4, -0.2) is 16.8 Å². The zero-order valence-corrected chi connectivity index (χ0v) is 11.3. The summed E-state index contributed by atoms with van der Waals surface area (Å²) in [7, 11) is 0.693. The van der Waals surface area contributed by atoms with Crippen LogP contribution in [0.5, 0.6) is 0 Å². The Morgan fingerprint density at radius 3 is 2.53 bits per heavy atom. The van der Waals surface area contributed by atoms with Gasteiger partial charge < -0.3 is 9.16 Å². The Morgan fingerprint density at radius 1 is 1.40 bits per heavy atom. The maximum Gasteiger partial charge on any atom is 0.149 e. The molecule has 0 heterocycles. The van der Waals surface area contributed by atoms with Crippen LogP contribution in [0, 0.1) is 0 Å². The highest BCUT2D eigenvalue weighted by Gasteiger charge is 2.12. The first-order valence-electron chi connectivity index (χ1n) is 5.17. The second-order valence-electron chi connectivity index (χ2n) is 3.28. The maximum absolute atomic E-state index is 5.78. The number of benzene rings is 1. The highest BCUT2D eigenvalue weighted by atomic mass is 28.2. The Hall–Kier alpha value is -0.903. The summed E-state index contributed by atoms with van der Waals surface area (Å²) in [6.45, 7) is 5.84. The largest absolute Gasteiger partial charge is 0.404 e. The summed E-state index contributed by atoms with van der Waals surface area (Å²) in [5, 5.41) is 0. The van der Waals surface area contributed by atoms with Gasteiger partial charge in [0.15, 0.2) is 0 Å². The second-order valence-corrected chi connectivity index (χ2v) is 3.75. The maximum atomic E-state index is 5.78. The van der Waals surface area contributed by atoms with Crippen molar-refractivity contribution in [1.29, 1.82) is 0 Å². The Labute approximate surface area is 94.5 Å². The lowest BCUT2D eigenvalue weighted by Crippen LogP contribution is -2.17. The van der Waals surface area contributed by atoms with Crippen molar-refractivity contribution in [2.45, 2.75) is 25.7 Å². The Morgan fingerprint density at radius 2 is 2.07 bits per heavy atom. The molecule has 2 atom stereocenters. The van der Waals surface area contributed by atoms with E-state index in [4.69, 9.17) is 9.16 Å². The number of hydrogen-bond donors (Lipinski definition) is 0. The van der Waals surface area contributed by atoms with Crippen molar-refractivity contribution in [2.24, 2.45) is 0 Å². The van der Waals surface area contributed by atoms with Crippen LogP contribution in [-0.2, 0) is 9.16 Å². The molecular formula is C12H18O2Si. The Balaban J connectivity index is 2.68. The van der Waals surface area contributed by atoms with Gasteiger partial charge >= 0.3 is 0 Å². The van der Waals surface area contributed by atoms with E-state index in [1.807, 2.05) is 37.3 Å². The van der Waals surface area contributed by atoms with Gasteiger partial charge in [-0.15, -0.1) is 6.58 Å². The third-order valence-corrected chi connectivity index (χ3v) is 2.76. The number of rotatable bonds is 6. The summed E-state index contributed by atoms with van der Waals surface area (Å²) in [6.07, 6.45) is 2.48. The molecule has 2 unspecified atom stereocenters. The first-order chi connectivity index (χ1) is 7.31. The van der Waals surface area contributed by atoms with Gasteiger partial charge in [-0.2, -0.15) is 0 Å². The van der Waals surface area contributed by atoms with E-state index in [0.717, 1.165) is 12.0 Å². The normalized spacial score (nSPS) is 14.7. The highest BCUT2D eigenvalue weighted by molar-refractivity contribution is 5.98. The average Bonchev–Trinajstić information content (AvgIpc) is 2.32. The molecule has 0 fully saturated rings. The summed E-state index contributed by atoms with van der Waals surface area (Å²) in [6, 6.07) is 10.1.